The average molecular weight is 427 g/mol. The van der Waals surface area contributed by atoms with E-state index < -0.39 is 12.0 Å². The number of benzene rings is 2. The van der Waals surface area contributed by atoms with Crippen LogP contribution in [0.2, 0.25) is 0 Å². The number of carbonyl (C=O) groups excluding carboxylic acids is 3. The summed E-state index contributed by atoms with van der Waals surface area (Å²) in [6.07, 6.45) is 1.00. The number of ketones is 1. The fraction of sp³-hybridized carbons (Fsp3) is 0.375. The van der Waals surface area contributed by atoms with E-state index in [1.165, 1.54) is 14.0 Å². The molecule has 1 amide bonds. The molecule has 0 saturated carbocycles. The Morgan fingerprint density at radius 3 is 2.42 bits per heavy atom. The first-order valence-corrected chi connectivity index (χ1v) is 10.3. The van der Waals surface area contributed by atoms with Crippen molar-refractivity contribution < 1.29 is 28.6 Å². The molecule has 1 N–H and O–H groups in total. The third kappa shape index (κ3) is 7.77. The molecule has 0 heterocycles. The second kappa shape index (κ2) is 12.4. The lowest BCUT2D eigenvalue weighted by Crippen LogP contribution is -2.43. The van der Waals surface area contributed by atoms with Gasteiger partial charge in [0.1, 0.15) is 6.04 Å². The number of ether oxygens (including phenoxy) is 3. The fourth-order valence-electron chi connectivity index (χ4n) is 2.97. The number of esters is 1. The lowest BCUT2D eigenvalue weighted by atomic mass is 10.1. The maximum absolute atomic E-state index is 12.4. The summed E-state index contributed by atoms with van der Waals surface area (Å²) in [7, 11) is 1.50. The van der Waals surface area contributed by atoms with Crippen LogP contribution in [0.3, 0.4) is 0 Å². The molecule has 1 atom stereocenters. The van der Waals surface area contributed by atoms with Gasteiger partial charge in [0.2, 0.25) is 5.91 Å². The molecule has 0 saturated heterocycles. The number of carbonyl (C=O) groups is 3. The molecule has 2 aromatic rings. The minimum absolute atomic E-state index is 0.0619. The third-order valence-electron chi connectivity index (χ3n) is 4.56. The molecule has 0 aliphatic carbocycles. The minimum atomic E-state index is -0.741. The molecule has 2 rings (SSSR count). The molecule has 31 heavy (non-hydrogen) atoms. The molecular formula is C24H29NO6. The van der Waals surface area contributed by atoms with Gasteiger partial charge in [-0.15, -0.1) is 0 Å². The molecule has 0 spiro atoms. The first kappa shape index (κ1) is 23.9. The SMILES string of the molecule is CCOC(=O)[C@H](Cc1ccccc1)NC(=O)CCCOc1ccc(C(C)=O)cc1OC. The van der Waals surface area contributed by atoms with E-state index in [0.29, 0.717) is 29.9 Å². The Hall–Kier alpha value is -3.35. The summed E-state index contributed by atoms with van der Waals surface area (Å²) in [5, 5.41) is 2.76. The van der Waals surface area contributed by atoms with Crippen molar-refractivity contribution >= 4 is 17.7 Å². The van der Waals surface area contributed by atoms with Gasteiger partial charge in [-0.3, -0.25) is 9.59 Å². The number of amides is 1. The lowest BCUT2D eigenvalue weighted by Gasteiger charge is -2.17. The monoisotopic (exact) mass is 427 g/mol. The molecular weight excluding hydrogens is 398 g/mol. The second-order valence-electron chi connectivity index (χ2n) is 6.94. The zero-order valence-corrected chi connectivity index (χ0v) is 18.2. The molecule has 0 aromatic heterocycles. The minimum Gasteiger partial charge on any atom is -0.493 e. The van der Waals surface area contributed by atoms with E-state index in [9.17, 15) is 14.4 Å². The van der Waals surface area contributed by atoms with Crippen molar-refractivity contribution in [2.45, 2.75) is 39.2 Å². The summed E-state index contributed by atoms with van der Waals surface area (Å²) in [4.78, 5) is 36.1. The van der Waals surface area contributed by atoms with Crippen LogP contribution in [-0.2, 0) is 20.7 Å². The Labute approximate surface area is 182 Å². The molecule has 0 unspecified atom stereocenters. The predicted molar refractivity (Wildman–Crippen MR) is 116 cm³/mol. The van der Waals surface area contributed by atoms with Crippen molar-refractivity contribution in [1.82, 2.24) is 5.32 Å². The third-order valence-corrected chi connectivity index (χ3v) is 4.56. The standard InChI is InChI=1S/C24H29NO6/c1-4-30-24(28)20(15-18-9-6-5-7-10-18)25-23(27)11-8-14-31-21-13-12-19(17(2)26)16-22(21)29-3/h5-7,9-10,12-13,16,20H,4,8,11,14-15H2,1-3H3,(H,25,27)/t20-/m0/s1. The molecule has 0 bridgehead atoms. The molecule has 0 radical (unpaired) electrons. The van der Waals surface area contributed by atoms with Crippen LogP contribution in [0, 0.1) is 0 Å². The number of hydrogen-bond acceptors (Lipinski definition) is 6. The van der Waals surface area contributed by atoms with Gasteiger partial charge in [0.25, 0.3) is 0 Å². The van der Waals surface area contributed by atoms with E-state index in [-0.39, 0.29) is 31.3 Å². The van der Waals surface area contributed by atoms with Crippen LogP contribution in [0.15, 0.2) is 48.5 Å². The zero-order chi connectivity index (χ0) is 22.6. The molecule has 7 nitrogen and oxygen atoms in total. The smallest absolute Gasteiger partial charge is 0.328 e. The summed E-state index contributed by atoms with van der Waals surface area (Å²) in [5.41, 5.74) is 1.47. The lowest BCUT2D eigenvalue weighted by molar-refractivity contribution is -0.147. The molecule has 7 heteroatoms. The van der Waals surface area contributed by atoms with E-state index in [4.69, 9.17) is 14.2 Å². The van der Waals surface area contributed by atoms with Crippen LogP contribution in [-0.4, -0.2) is 44.0 Å². The maximum Gasteiger partial charge on any atom is 0.328 e. The van der Waals surface area contributed by atoms with Crippen LogP contribution in [0.5, 0.6) is 11.5 Å². The first-order valence-electron chi connectivity index (χ1n) is 10.3. The highest BCUT2D eigenvalue weighted by Crippen LogP contribution is 2.28. The molecule has 0 aliphatic heterocycles. The number of methoxy groups -OCH3 is 1. The van der Waals surface area contributed by atoms with Crippen molar-refractivity contribution in [2.24, 2.45) is 0 Å². The highest BCUT2D eigenvalue weighted by atomic mass is 16.5. The van der Waals surface area contributed by atoms with Gasteiger partial charge in [0, 0.05) is 18.4 Å². The van der Waals surface area contributed by atoms with Gasteiger partial charge in [0.05, 0.1) is 20.3 Å². The van der Waals surface area contributed by atoms with Crippen molar-refractivity contribution in [2.75, 3.05) is 20.3 Å². The summed E-state index contributed by atoms with van der Waals surface area (Å²) in [6.45, 7) is 3.74. The zero-order valence-electron chi connectivity index (χ0n) is 18.2. The maximum atomic E-state index is 12.4. The highest BCUT2D eigenvalue weighted by molar-refractivity contribution is 5.94. The van der Waals surface area contributed by atoms with Crippen molar-refractivity contribution in [3.8, 4) is 11.5 Å². The number of Topliss-reactive ketones (excluding diaryl/α,β-unsaturated/α-hetero) is 1. The van der Waals surface area contributed by atoms with E-state index >= 15 is 0 Å². The summed E-state index contributed by atoms with van der Waals surface area (Å²) >= 11 is 0. The van der Waals surface area contributed by atoms with Gasteiger partial charge in [-0.1, -0.05) is 30.3 Å². The van der Waals surface area contributed by atoms with Crippen molar-refractivity contribution in [1.29, 1.82) is 0 Å². The molecule has 0 aliphatic rings. The average Bonchev–Trinajstić information content (AvgIpc) is 2.77. The Bertz CT molecular complexity index is 881. The Balaban J connectivity index is 1.86. The Kier molecular flexibility index (Phi) is 9.55. The largest absolute Gasteiger partial charge is 0.493 e. The number of nitrogens with one attached hydrogen (secondary N) is 1. The molecule has 0 fully saturated rings. The van der Waals surface area contributed by atoms with Gasteiger partial charge in [-0.2, -0.15) is 0 Å². The molecule has 2 aromatic carbocycles. The Morgan fingerprint density at radius 1 is 1.03 bits per heavy atom. The normalized spacial score (nSPS) is 11.3. The van der Waals surface area contributed by atoms with Crippen LogP contribution in [0.25, 0.3) is 0 Å². The van der Waals surface area contributed by atoms with Crippen molar-refractivity contribution in [3.05, 3.63) is 59.7 Å². The van der Waals surface area contributed by atoms with E-state index in [0.717, 1.165) is 5.56 Å². The molecule has 166 valence electrons. The van der Waals surface area contributed by atoms with Gasteiger partial charge in [0.15, 0.2) is 17.3 Å². The number of hydrogen-bond donors (Lipinski definition) is 1. The Morgan fingerprint density at radius 2 is 1.77 bits per heavy atom. The highest BCUT2D eigenvalue weighted by Gasteiger charge is 2.22. The van der Waals surface area contributed by atoms with E-state index in [2.05, 4.69) is 5.32 Å². The van der Waals surface area contributed by atoms with Gasteiger partial charge in [-0.05, 0) is 44.0 Å². The van der Waals surface area contributed by atoms with Crippen LogP contribution >= 0.6 is 0 Å². The second-order valence-corrected chi connectivity index (χ2v) is 6.94. The van der Waals surface area contributed by atoms with Crippen molar-refractivity contribution in [3.63, 3.8) is 0 Å². The van der Waals surface area contributed by atoms with Gasteiger partial charge < -0.3 is 19.5 Å². The fourth-order valence-corrected chi connectivity index (χ4v) is 2.97. The van der Waals surface area contributed by atoms with E-state index in [1.807, 2.05) is 30.3 Å². The topological polar surface area (TPSA) is 90.9 Å². The summed E-state index contributed by atoms with van der Waals surface area (Å²) in [6, 6.07) is 13.7. The van der Waals surface area contributed by atoms with Gasteiger partial charge in [-0.25, -0.2) is 4.79 Å². The van der Waals surface area contributed by atoms with Crippen LogP contribution < -0.4 is 14.8 Å². The van der Waals surface area contributed by atoms with Crippen LogP contribution in [0.4, 0.5) is 0 Å². The first-order chi connectivity index (χ1) is 14.9. The van der Waals surface area contributed by atoms with E-state index in [1.54, 1.807) is 25.1 Å². The van der Waals surface area contributed by atoms with Gasteiger partial charge >= 0.3 is 5.97 Å². The van der Waals surface area contributed by atoms with Crippen LogP contribution in [0.1, 0.15) is 42.6 Å². The summed E-state index contributed by atoms with van der Waals surface area (Å²) < 4.78 is 16.1. The number of rotatable bonds is 12. The predicted octanol–water partition coefficient (Wildman–Crippen LogP) is 3.35. The quantitative estimate of drug-likeness (QED) is 0.317. The summed E-state index contributed by atoms with van der Waals surface area (Å²) in [5.74, 6) is 0.194.